The summed E-state index contributed by atoms with van der Waals surface area (Å²) in [7, 11) is -3.66. The molecule has 8 heteroatoms. The van der Waals surface area contributed by atoms with E-state index in [-0.39, 0.29) is 22.0 Å². The van der Waals surface area contributed by atoms with Gasteiger partial charge in [-0.1, -0.05) is 6.42 Å². The van der Waals surface area contributed by atoms with Crippen molar-refractivity contribution in [3.8, 4) is 0 Å². The lowest BCUT2D eigenvalue weighted by Crippen LogP contribution is -2.36. The summed E-state index contributed by atoms with van der Waals surface area (Å²) in [6.07, 6.45) is 3.62. The first-order chi connectivity index (χ1) is 9.87. The van der Waals surface area contributed by atoms with Crippen molar-refractivity contribution in [2.75, 3.05) is 17.0 Å². The number of hydrogen-bond donors (Lipinski definition) is 2. The third kappa shape index (κ3) is 4.89. The van der Waals surface area contributed by atoms with Gasteiger partial charge in [-0.3, -0.25) is 4.72 Å². The molecule has 0 aliphatic carbocycles. The zero-order chi connectivity index (χ0) is 15.5. The minimum atomic E-state index is -3.66. The van der Waals surface area contributed by atoms with Crippen LogP contribution in [0.25, 0.3) is 0 Å². The monoisotopic (exact) mass is 382 g/mol. The molecule has 4 nitrogen and oxygen atoms in total. The largest absolute Gasteiger partial charge is 0.314 e. The fraction of sp³-hybridized carbons (Fsp3) is 0.538. The molecular formula is C13H17BrF2N2O2S. The molecule has 1 aliphatic heterocycles. The zero-order valence-electron chi connectivity index (χ0n) is 11.3. The number of nitrogens with one attached hydrogen (secondary N) is 2. The summed E-state index contributed by atoms with van der Waals surface area (Å²) >= 11 is 2.90. The molecule has 1 atom stereocenters. The van der Waals surface area contributed by atoms with Crippen molar-refractivity contribution in [3.63, 3.8) is 0 Å². The van der Waals surface area contributed by atoms with Crippen LogP contribution >= 0.6 is 15.9 Å². The maximum absolute atomic E-state index is 13.6. The number of sulfonamides is 1. The molecule has 118 valence electrons. The Balaban J connectivity index is 1.98. The molecule has 0 amide bonds. The zero-order valence-corrected chi connectivity index (χ0v) is 13.7. The van der Waals surface area contributed by atoms with Crippen molar-refractivity contribution in [1.82, 2.24) is 5.32 Å². The van der Waals surface area contributed by atoms with Crippen LogP contribution in [0.2, 0.25) is 0 Å². The summed E-state index contributed by atoms with van der Waals surface area (Å²) in [5, 5.41) is 3.26. The number of benzene rings is 1. The van der Waals surface area contributed by atoms with Crippen LogP contribution in [0.5, 0.6) is 0 Å². The van der Waals surface area contributed by atoms with Crippen molar-refractivity contribution in [1.29, 1.82) is 0 Å². The predicted octanol–water partition coefficient (Wildman–Crippen LogP) is 3.00. The van der Waals surface area contributed by atoms with Crippen molar-refractivity contribution in [3.05, 3.63) is 28.2 Å². The standard InChI is InChI=1S/C13H17BrF2N2O2S/c14-10-7-13(12(16)8-11(10)15)18-21(19,20)6-4-9-3-1-2-5-17-9/h7-9,17-18H,1-6H2. The first kappa shape index (κ1) is 16.6. The molecular weight excluding hydrogens is 366 g/mol. The van der Waals surface area contributed by atoms with Crippen LogP contribution in [0.3, 0.4) is 0 Å². The molecule has 0 saturated carbocycles. The van der Waals surface area contributed by atoms with Gasteiger partial charge in [-0.25, -0.2) is 17.2 Å². The molecule has 2 rings (SSSR count). The highest BCUT2D eigenvalue weighted by atomic mass is 79.9. The van der Waals surface area contributed by atoms with Gasteiger partial charge in [-0.15, -0.1) is 0 Å². The Morgan fingerprint density at radius 1 is 1.29 bits per heavy atom. The second kappa shape index (κ2) is 7.02. The van der Waals surface area contributed by atoms with Gasteiger partial charge in [0, 0.05) is 12.1 Å². The number of anilines is 1. The predicted molar refractivity (Wildman–Crippen MR) is 81.7 cm³/mol. The molecule has 1 aliphatic rings. The van der Waals surface area contributed by atoms with E-state index in [9.17, 15) is 17.2 Å². The van der Waals surface area contributed by atoms with Gasteiger partial charge in [0.2, 0.25) is 10.0 Å². The van der Waals surface area contributed by atoms with Gasteiger partial charge in [0.05, 0.1) is 15.9 Å². The molecule has 1 unspecified atom stereocenters. The van der Waals surface area contributed by atoms with E-state index in [4.69, 9.17) is 0 Å². The summed E-state index contributed by atoms with van der Waals surface area (Å²) in [4.78, 5) is 0. The van der Waals surface area contributed by atoms with E-state index >= 15 is 0 Å². The van der Waals surface area contributed by atoms with Gasteiger partial charge >= 0.3 is 0 Å². The molecule has 1 saturated heterocycles. The Labute approximate surface area is 131 Å². The first-order valence-electron chi connectivity index (χ1n) is 6.76. The topological polar surface area (TPSA) is 58.2 Å². The van der Waals surface area contributed by atoms with Crippen LogP contribution in [-0.4, -0.2) is 26.8 Å². The van der Waals surface area contributed by atoms with Gasteiger partial charge < -0.3 is 5.32 Å². The Hall–Kier alpha value is -0.730. The minimum absolute atomic E-state index is 0.00977. The van der Waals surface area contributed by atoms with Crippen LogP contribution in [-0.2, 0) is 10.0 Å². The lowest BCUT2D eigenvalue weighted by Gasteiger charge is -2.23. The SMILES string of the molecule is O=S(=O)(CCC1CCCCN1)Nc1cc(Br)c(F)cc1F. The van der Waals surface area contributed by atoms with E-state index in [2.05, 4.69) is 26.0 Å². The molecule has 0 spiro atoms. The number of rotatable bonds is 5. The minimum Gasteiger partial charge on any atom is -0.314 e. The lowest BCUT2D eigenvalue weighted by molar-refractivity contribution is 0.393. The summed E-state index contributed by atoms with van der Waals surface area (Å²) in [6.45, 7) is 0.900. The average molecular weight is 383 g/mol. The van der Waals surface area contributed by atoms with E-state index in [1.165, 1.54) is 0 Å². The van der Waals surface area contributed by atoms with Crippen LogP contribution < -0.4 is 10.0 Å². The maximum Gasteiger partial charge on any atom is 0.232 e. The third-order valence-corrected chi connectivity index (χ3v) is 5.33. The maximum atomic E-state index is 13.6. The van der Waals surface area contributed by atoms with Crippen molar-refractivity contribution in [2.45, 2.75) is 31.7 Å². The van der Waals surface area contributed by atoms with Crippen molar-refractivity contribution >= 4 is 31.6 Å². The highest BCUT2D eigenvalue weighted by Gasteiger charge is 2.19. The highest BCUT2D eigenvalue weighted by molar-refractivity contribution is 9.10. The molecule has 0 radical (unpaired) electrons. The number of piperidine rings is 1. The quantitative estimate of drug-likeness (QED) is 0.769. The van der Waals surface area contributed by atoms with Gasteiger partial charge in [0.15, 0.2) is 0 Å². The Morgan fingerprint density at radius 3 is 2.71 bits per heavy atom. The summed E-state index contributed by atoms with van der Waals surface area (Å²) in [5.74, 6) is -1.81. The van der Waals surface area contributed by atoms with E-state index in [0.29, 0.717) is 12.5 Å². The lowest BCUT2D eigenvalue weighted by atomic mass is 10.0. The highest BCUT2D eigenvalue weighted by Crippen LogP contribution is 2.24. The van der Waals surface area contributed by atoms with Crippen molar-refractivity contribution < 1.29 is 17.2 Å². The van der Waals surface area contributed by atoms with Crippen LogP contribution in [0.15, 0.2) is 16.6 Å². The molecule has 21 heavy (non-hydrogen) atoms. The average Bonchev–Trinajstić information content (AvgIpc) is 2.44. The molecule has 2 N–H and O–H groups in total. The molecule has 1 aromatic rings. The molecule has 1 aromatic carbocycles. The van der Waals surface area contributed by atoms with Crippen LogP contribution in [0.1, 0.15) is 25.7 Å². The fourth-order valence-corrected chi connectivity index (χ4v) is 3.82. The summed E-state index contributed by atoms with van der Waals surface area (Å²) < 4.78 is 52.8. The smallest absolute Gasteiger partial charge is 0.232 e. The number of hydrogen-bond acceptors (Lipinski definition) is 3. The fourth-order valence-electron chi connectivity index (χ4n) is 2.29. The molecule has 0 aromatic heterocycles. The van der Waals surface area contributed by atoms with Gasteiger partial charge in [0.1, 0.15) is 11.6 Å². The van der Waals surface area contributed by atoms with Crippen LogP contribution in [0.4, 0.5) is 14.5 Å². The van der Waals surface area contributed by atoms with E-state index in [1.54, 1.807) is 0 Å². The number of halogens is 3. The first-order valence-corrected chi connectivity index (χ1v) is 9.20. The van der Waals surface area contributed by atoms with Crippen LogP contribution in [0, 0.1) is 11.6 Å². The molecule has 1 fully saturated rings. The van der Waals surface area contributed by atoms with Gasteiger partial charge in [-0.05, 0) is 47.8 Å². The summed E-state index contributed by atoms with van der Waals surface area (Å²) in [6, 6.07) is 1.91. The Bertz CT molecular complexity index is 604. The summed E-state index contributed by atoms with van der Waals surface area (Å²) in [5.41, 5.74) is -0.250. The Morgan fingerprint density at radius 2 is 2.05 bits per heavy atom. The van der Waals surface area contributed by atoms with E-state index < -0.39 is 21.7 Å². The molecule has 0 bridgehead atoms. The van der Waals surface area contributed by atoms with Gasteiger partial charge in [-0.2, -0.15) is 0 Å². The Kier molecular flexibility index (Phi) is 5.56. The second-order valence-corrected chi connectivity index (χ2v) is 7.80. The van der Waals surface area contributed by atoms with E-state index in [1.807, 2.05) is 0 Å². The third-order valence-electron chi connectivity index (χ3n) is 3.42. The van der Waals surface area contributed by atoms with Crippen molar-refractivity contribution in [2.24, 2.45) is 0 Å². The molecule has 1 heterocycles. The normalized spacial score (nSPS) is 19.5. The second-order valence-electron chi connectivity index (χ2n) is 5.10. The van der Waals surface area contributed by atoms with Gasteiger partial charge in [0.25, 0.3) is 0 Å². The van der Waals surface area contributed by atoms with E-state index in [0.717, 1.165) is 31.9 Å².